The zero-order chi connectivity index (χ0) is 13.9. The molecule has 0 spiro atoms. The Bertz CT molecular complexity index is 241. The molecule has 102 valence electrons. The SMILES string of the molecule is C=C(C)C(NCCC)C(C(F)(F)F)C(F)(F)F. The summed E-state index contributed by atoms with van der Waals surface area (Å²) in [5.74, 6) is -3.42. The van der Waals surface area contributed by atoms with Crippen LogP contribution in [0.5, 0.6) is 0 Å². The average molecular weight is 263 g/mol. The molecule has 17 heavy (non-hydrogen) atoms. The van der Waals surface area contributed by atoms with E-state index in [1.165, 1.54) is 0 Å². The van der Waals surface area contributed by atoms with Gasteiger partial charge in [-0.25, -0.2) is 0 Å². The third kappa shape index (κ3) is 4.97. The summed E-state index contributed by atoms with van der Waals surface area (Å²) in [7, 11) is 0. The van der Waals surface area contributed by atoms with Crippen molar-refractivity contribution in [3.05, 3.63) is 12.2 Å². The minimum atomic E-state index is -5.34. The molecule has 0 fully saturated rings. The minimum absolute atomic E-state index is 0.0696. The molecule has 0 saturated carbocycles. The normalized spacial score (nSPS) is 15.1. The Kier molecular flexibility index (Phi) is 5.51. The molecule has 0 bridgehead atoms. The highest BCUT2D eigenvalue weighted by Crippen LogP contribution is 2.42. The van der Waals surface area contributed by atoms with Crippen LogP contribution in [0.2, 0.25) is 0 Å². The maximum atomic E-state index is 12.5. The predicted octanol–water partition coefficient (Wildman–Crippen LogP) is 3.67. The van der Waals surface area contributed by atoms with Crippen LogP contribution >= 0.6 is 0 Å². The van der Waals surface area contributed by atoms with Gasteiger partial charge in [-0.2, -0.15) is 26.3 Å². The van der Waals surface area contributed by atoms with Crippen molar-refractivity contribution in [3.8, 4) is 0 Å². The molecule has 1 nitrogen and oxygen atoms in total. The van der Waals surface area contributed by atoms with Gasteiger partial charge in [-0.15, -0.1) is 0 Å². The number of rotatable bonds is 5. The molecule has 7 heteroatoms. The van der Waals surface area contributed by atoms with Gasteiger partial charge in [-0.1, -0.05) is 19.1 Å². The Balaban J connectivity index is 5.17. The second kappa shape index (κ2) is 5.75. The van der Waals surface area contributed by atoms with Crippen LogP contribution in [0.15, 0.2) is 12.2 Å². The highest BCUT2D eigenvalue weighted by atomic mass is 19.4. The van der Waals surface area contributed by atoms with Crippen molar-refractivity contribution in [1.82, 2.24) is 5.32 Å². The van der Waals surface area contributed by atoms with Crippen molar-refractivity contribution < 1.29 is 26.3 Å². The van der Waals surface area contributed by atoms with Crippen LogP contribution in [0, 0.1) is 5.92 Å². The van der Waals surface area contributed by atoms with Gasteiger partial charge in [0.05, 0.1) is 0 Å². The molecule has 0 amide bonds. The van der Waals surface area contributed by atoms with Crippen molar-refractivity contribution in [2.45, 2.75) is 38.7 Å². The first-order valence-electron chi connectivity index (χ1n) is 5.04. The van der Waals surface area contributed by atoms with Crippen molar-refractivity contribution in [2.75, 3.05) is 6.54 Å². The lowest BCUT2D eigenvalue weighted by atomic mass is 9.93. The molecule has 0 aliphatic carbocycles. The highest BCUT2D eigenvalue weighted by molar-refractivity contribution is 5.08. The maximum absolute atomic E-state index is 12.5. The lowest BCUT2D eigenvalue weighted by Crippen LogP contribution is -2.51. The molecule has 0 heterocycles. The Morgan fingerprint density at radius 3 is 1.76 bits per heavy atom. The summed E-state index contributed by atoms with van der Waals surface area (Å²) in [4.78, 5) is 0. The minimum Gasteiger partial charge on any atom is -0.309 e. The van der Waals surface area contributed by atoms with Crippen molar-refractivity contribution in [1.29, 1.82) is 0 Å². The lowest BCUT2D eigenvalue weighted by Gasteiger charge is -2.31. The average Bonchev–Trinajstić information content (AvgIpc) is 2.06. The van der Waals surface area contributed by atoms with Gasteiger partial charge >= 0.3 is 12.4 Å². The number of alkyl halides is 6. The molecule has 1 atom stereocenters. The Hall–Kier alpha value is -0.720. The summed E-state index contributed by atoms with van der Waals surface area (Å²) >= 11 is 0. The summed E-state index contributed by atoms with van der Waals surface area (Å²) in [6.07, 6.45) is -10.3. The summed E-state index contributed by atoms with van der Waals surface area (Å²) < 4.78 is 74.7. The summed E-state index contributed by atoms with van der Waals surface area (Å²) in [5.41, 5.74) is -0.182. The fraction of sp³-hybridized carbons (Fsp3) is 0.800. The monoisotopic (exact) mass is 263 g/mol. The quantitative estimate of drug-likeness (QED) is 0.589. The fourth-order valence-corrected chi connectivity index (χ4v) is 1.44. The van der Waals surface area contributed by atoms with E-state index >= 15 is 0 Å². The first kappa shape index (κ1) is 16.3. The molecule has 1 unspecified atom stereocenters. The van der Waals surface area contributed by atoms with Gasteiger partial charge in [0.1, 0.15) is 0 Å². The van der Waals surface area contributed by atoms with Crippen LogP contribution in [0.1, 0.15) is 20.3 Å². The first-order chi connectivity index (χ1) is 7.51. The first-order valence-corrected chi connectivity index (χ1v) is 5.04. The molecule has 0 aromatic carbocycles. The number of hydrogen-bond acceptors (Lipinski definition) is 1. The largest absolute Gasteiger partial charge is 0.402 e. The van der Waals surface area contributed by atoms with Gasteiger partial charge in [-0.05, 0) is 19.9 Å². The highest BCUT2D eigenvalue weighted by Gasteiger charge is 2.60. The molecule has 0 aliphatic rings. The molecule has 0 radical (unpaired) electrons. The molecule has 0 aliphatic heterocycles. The second-order valence-electron chi connectivity index (χ2n) is 3.84. The van der Waals surface area contributed by atoms with E-state index in [0.717, 1.165) is 6.92 Å². The van der Waals surface area contributed by atoms with E-state index in [9.17, 15) is 26.3 Å². The molecule has 1 N–H and O–H groups in total. The lowest BCUT2D eigenvalue weighted by molar-refractivity contribution is -0.289. The van der Waals surface area contributed by atoms with Crippen molar-refractivity contribution in [2.24, 2.45) is 5.92 Å². The molecular weight excluding hydrogens is 248 g/mol. The Labute approximate surface area is 95.9 Å². The molecule has 0 aromatic rings. The summed E-state index contributed by atoms with van der Waals surface area (Å²) in [6, 6.07) is -1.84. The van der Waals surface area contributed by atoms with E-state index in [1.807, 2.05) is 0 Å². The van der Waals surface area contributed by atoms with Gasteiger partial charge in [0.15, 0.2) is 5.92 Å². The number of halogens is 6. The molecule has 0 rings (SSSR count). The summed E-state index contributed by atoms with van der Waals surface area (Å²) in [6.45, 7) is 6.07. The van der Waals surface area contributed by atoms with Gasteiger partial charge in [0, 0.05) is 6.04 Å². The third-order valence-electron chi connectivity index (χ3n) is 2.18. The van der Waals surface area contributed by atoms with E-state index in [0.29, 0.717) is 6.42 Å². The fourth-order valence-electron chi connectivity index (χ4n) is 1.44. The zero-order valence-corrected chi connectivity index (χ0v) is 9.54. The number of hydrogen-bond donors (Lipinski definition) is 1. The topological polar surface area (TPSA) is 12.0 Å². The smallest absolute Gasteiger partial charge is 0.309 e. The maximum Gasteiger partial charge on any atom is 0.402 e. The van der Waals surface area contributed by atoms with E-state index in [1.54, 1.807) is 6.92 Å². The zero-order valence-electron chi connectivity index (χ0n) is 9.54. The summed E-state index contributed by atoms with van der Waals surface area (Å²) in [5, 5.41) is 2.24. The molecule has 0 saturated heterocycles. The van der Waals surface area contributed by atoms with Crippen molar-refractivity contribution >= 4 is 0 Å². The van der Waals surface area contributed by atoms with Gasteiger partial charge in [0.25, 0.3) is 0 Å². The van der Waals surface area contributed by atoms with E-state index in [-0.39, 0.29) is 12.1 Å². The van der Waals surface area contributed by atoms with E-state index < -0.39 is 24.3 Å². The van der Waals surface area contributed by atoms with Crippen LogP contribution in [0.25, 0.3) is 0 Å². The van der Waals surface area contributed by atoms with E-state index in [2.05, 4.69) is 11.9 Å². The Morgan fingerprint density at radius 1 is 1.12 bits per heavy atom. The van der Waals surface area contributed by atoms with Gasteiger partial charge in [0.2, 0.25) is 0 Å². The van der Waals surface area contributed by atoms with Crippen LogP contribution in [-0.2, 0) is 0 Å². The van der Waals surface area contributed by atoms with Crippen molar-refractivity contribution in [3.63, 3.8) is 0 Å². The molecular formula is C10H15F6N. The second-order valence-corrected chi connectivity index (χ2v) is 3.84. The standard InChI is InChI=1S/C10H15F6N/c1-4-5-17-7(6(2)3)8(9(11,12)13)10(14,15)16/h7-8,17H,2,4-5H2,1,3H3. The van der Waals surface area contributed by atoms with E-state index in [4.69, 9.17) is 0 Å². The molecule has 0 aromatic heterocycles. The van der Waals surface area contributed by atoms with Crippen LogP contribution in [-0.4, -0.2) is 24.9 Å². The van der Waals surface area contributed by atoms with Gasteiger partial charge in [-0.3, -0.25) is 0 Å². The predicted molar refractivity (Wildman–Crippen MR) is 52.5 cm³/mol. The van der Waals surface area contributed by atoms with Crippen LogP contribution < -0.4 is 5.32 Å². The van der Waals surface area contributed by atoms with Crippen LogP contribution in [0.3, 0.4) is 0 Å². The number of nitrogens with one attached hydrogen (secondary N) is 1. The van der Waals surface area contributed by atoms with Crippen LogP contribution in [0.4, 0.5) is 26.3 Å². The third-order valence-corrected chi connectivity index (χ3v) is 2.18. The van der Waals surface area contributed by atoms with Gasteiger partial charge < -0.3 is 5.32 Å². The Morgan fingerprint density at radius 2 is 1.53 bits per heavy atom.